The summed E-state index contributed by atoms with van der Waals surface area (Å²) in [6.07, 6.45) is 3.02. The number of nitriles is 1. The topological polar surface area (TPSA) is 66.0 Å². The summed E-state index contributed by atoms with van der Waals surface area (Å²) in [5, 5.41) is 17.2. The fraction of sp³-hybridized carbons (Fsp3) is 0.400. The van der Waals surface area contributed by atoms with Crippen molar-refractivity contribution in [1.29, 1.82) is 5.26 Å². The summed E-state index contributed by atoms with van der Waals surface area (Å²) in [5.74, 6) is 0.633. The van der Waals surface area contributed by atoms with Gasteiger partial charge in [-0.1, -0.05) is 30.3 Å². The molecule has 2 heterocycles. The standard InChI is InChI=1S/C15H16N4O/c16-11-15(13-4-2-1-3-5-13)6-8-19(9-7-15)10-14-18-17-12-20-14/h1-5,12H,6-10H2. The van der Waals surface area contributed by atoms with Gasteiger partial charge in [0.25, 0.3) is 0 Å². The molecule has 20 heavy (non-hydrogen) atoms. The predicted octanol–water partition coefficient (Wildman–Crippen LogP) is 2.13. The smallest absolute Gasteiger partial charge is 0.230 e. The van der Waals surface area contributed by atoms with Crippen LogP contribution in [0.25, 0.3) is 0 Å². The third kappa shape index (κ3) is 2.43. The Morgan fingerprint density at radius 2 is 2.00 bits per heavy atom. The normalized spacial score (nSPS) is 18.6. The highest BCUT2D eigenvalue weighted by Gasteiger charge is 2.36. The van der Waals surface area contributed by atoms with Crippen LogP contribution in [0.15, 0.2) is 41.1 Å². The number of hydrogen-bond donors (Lipinski definition) is 0. The third-order valence-electron chi connectivity index (χ3n) is 4.01. The summed E-state index contributed by atoms with van der Waals surface area (Å²) in [7, 11) is 0. The van der Waals surface area contributed by atoms with E-state index in [1.165, 1.54) is 6.39 Å². The molecule has 5 nitrogen and oxygen atoms in total. The molecular formula is C15H16N4O. The molecule has 1 saturated heterocycles. The van der Waals surface area contributed by atoms with Gasteiger partial charge < -0.3 is 4.42 Å². The fourth-order valence-corrected chi connectivity index (χ4v) is 2.77. The molecule has 0 atom stereocenters. The molecule has 0 unspecified atom stereocenters. The van der Waals surface area contributed by atoms with E-state index in [9.17, 15) is 5.26 Å². The molecule has 0 aliphatic carbocycles. The van der Waals surface area contributed by atoms with Gasteiger partial charge in [-0.15, -0.1) is 10.2 Å². The number of hydrogen-bond acceptors (Lipinski definition) is 5. The van der Waals surface area contributed by atoms with Crippen LogP contribution in [0.3, 0.4) is 0 Å². The maximum atomic E-state index is 9.63. The molecule has 0 N–H and O–H groups in total. The van der Waals surface area contributed by atoms with Crippen LogP contribution in [0, 0.1) is 11.3 Å². The number of benzene rings is 1. The van der Waals surface area contributed by atoms with Crippen LogP contribution in [-0.4, -0.2) is 28.2 Å². The molecule has 1 aliphatic heterocycles. The summed E-state index contributed by atoms with van der Waals surface area (Å²) >= 11 is 0. The molecule has 1 aromatic heterocycles. The lowest BCUT2D eigenvalue weighted by Crippen LogP contribution is -2.41. The summed E-state index contributed by atoms with van der Waals surface area (Å²) < 4.78 is 5.17. The van der Waals surface area contributed by atoms with Crippen LogP contribution in [0.2, 0.25) is 0 Å². The molecule has 0 bridgehead atoms. The SMILES string of the molecule is N#CC1(c2ccccc2)CCN(Cc2nnco2)CC1. The Morgan fingerprint density at radius 3 is 2.60 bits per heavy atom. The first kappa shape index (κ1) is 12.8. The Morgan fingerprint density at radius 1 is 1.25 bits per heavy atom. The molecule has 1 aliphatic rings. The highest BCUT2D eigenvalue weighted by atomic mass is 16.4. The Bertz CT molecular complexity index is 580. The molecule has 3 rings (SSSR count). The summed E-state index contributed by atoms with van der Waals surface area (Å²) in [6, 6.07) is 12.6. The number of piperidine rings is 1. The molecule has 5 heteroatoms. The van der Waals surface area contributed by atoms with Crippen molar-refractivity contribution < 1.29 is 4.42 Å². The Kier molecular flexibility index (Phi) is 3.48. The van der Waals surface area contributed by atoms with Crippen LogP contribution in [0.4, 0.5) is 0 Å². The molecule has 102 valence electrons. The second-order valence-electron chi connectivity index (χ2n) is 5.17. The van der Waals surface area contributed by atoms with Gasteiger partial charge in [0.15, 0.2) is 0 Å². The molecule has 2 aromatic rings. The Hall–Kier alpha value is -2.19. The maximum Gasteiger partial charge on any atom is 0.230 e. The van der Waals surface area contributed by atoms with E-state index in [1.807, 2.05) is 18.2 Å². The molecule has 1 fully saturated rings. The van der Waals surface area contributed by atoms with E-state index in [0.717, 1.165) is 31.5 Å². The molecule has 1 aromatic carbocycles. The van der Waals surface area contributed by atoms with Gasteiger partial charge in [-0.3, -0.25) is 4.90 Å². The van der Waals surface area contributed by atoms with Crippen LogP contribution < -0.4 is 0 Å². The van der Waals surface area contributed by atoms with Gasteiger partial charge in [-0.05, 0) is 18.4 Å². The van der Waals surface area contributed by atoms with Gasteiger partial charge in [0.05, 0.1) is 18.0 Å². The zero-order valence-electron chi connectivity index (χ0n) is 11.2. The zero-order valence-corrected chi connectivity index (χ0v) is 11.2. The van der Waals surface area contributed by atoms with E-state index in [4.69, 9.17) is 4.42 Å². The van der Waals surface area contributed by atoms with Gasteiger partial charge in [-0.25, -0.2) is 0 Å². The van der Waals surface area contributed by atoms with E-state index in [2.05, 4.69) is 33.3 Å². The number of nitrogens with zero attached hydrogens (tertiary/aromatic N) is 4. The monoisotopic (exact) mass is 268 g/mol. The lowest BCUT2D eigenvalue weighted by Gasteiger charge is -2.37. The third-order valence-corrected chi connectivity index (χ3v) is 4.01. The Labute approximate surface area is 117 Å². The minimum atomic E-state index is -0.355. The average Bonchev–Trinajstić information content (AvgIpc) is 3.02. The minimum Gasteiger partial charge on any atom is -0.427 e. The van der Waals surface area contributed by atoms with E-state index >= 15 is 0 Å². The van der Waals surface area contributed by atoms with Crippen molar-refractivity contribution in [2.75, 3.05) is 13.1 Å². The van der Waals surface area contributed by atoms with Crippen molar-refractivity contribution in [3.05, 3.63) is 48.2 Å². The van der Waals surface area contributed by atoms with Gasteiger partial charge in [0.2, 0.25) is 12.3 Å². The second kappa shape index (κ2) is 5.43. The van der Waals surface area contributed by atoms with Gasteiger partial charge in [0, 0.05) is 13.1 Å². The van der Waals surface area contributed by atoms with Crippen molar-refractivity contribution in [2.45, 2.75) is 24.8 Å². The van der Waals surface area contributed by atoms with Crippen molar-refractivity contribution in [1.82, 2.24) is 15.1 Å². The average molecular weight is 268 g/mol. The summed E-state index contributed by atoms with van der Waals surface area (Å²) in [4.78, 5) is 2.26. The van der Waals surface area contributed by atoms with Crippen LogP contribution >= 0.6 is 0 Å². The first-order valence-electron chi connectivity index (χ1n) is 6.77. The van der Waals surface area contributed by atoms with Gasteiger partial charge in [0.1, 0.15) is 0 Å². The van der Waals surface area contributed by atoms with Crippen molar-refractivity contribution in [3.8, 4) is 6.07 Å². The van der Waals surface area contributed by atoms with Crippen LogP contribution in [0.5, 0.6) is 0 Å². The van der Waals surface area contributed by atoms with Crippen LogP contribution in [0.1, 0.15) is 24.3 Å². The zero-order chi connectivity index (χ0) is 13.8. The lowest BCUT2D eigenvalue weighted by atomic mass is 9.74. The van der Waals surface area contributed by atoms with Crippen LogP contribution in [-0.2, 0) is 12.0 Å². The molecule has 0 radical (unpaired) electrons. The fourth-order valence-electron chi connectivity index (χ4n) is 2.77. The maximum absolute atomic E-state index is 9.63. The summed E-state index contributed by atoms with van der Waals surface area (Å²) in [6.45, 7) is 2.39. The lowest BCUT2D eigenvalue weighted by molar-refractivity contribution is 0.165. The minimum absolute atomic E-state index is 0.355. The highest BCUT2D eigenvalue weighted by Crippen LogP contribution is 2.35. The molecular weight excluding hydrogens is 252 g/mol. The van der Waals surface area contributed by atoms with E-state index in [1.54, 1.807) is 0 Å². The predicted molar refractivity (Wildman–Crippen MR) is 72.5 cm³/mol. The molecule has 0 saturated carbocycles. The van der Waals surface area contributed by atoms with Crippen molar-refractivity contribution in [2.24, 2.45) is 0 Å². The number of aromatic nitrogens is 2. The number of rotatable bonds is 3. The van der Waals surface area contributed by atoms with Gasteiger partial charge >= 0.3 is 0 Å². The molecule has 0 spiro atoms. The highest BCUT2D eigenvalue weighted by molar-refractivity contribution is 5.33. The largest absolute Gasteiger partial charge is 0.427 e. The summed E-state index contributed by atoms with van der Waals surface area (Å²) in [5.41, 5.74) is 0.770. The van der Waals surface area contributed by atoms with E-state index < -0.39 is 0 Å². The first-order valence-corrected chi connectivity index (χ1v) is 6.77. The molecule has 0 amide bonds. The van der Waals surface area contributed by atoms with Crippen molar-refractivity contribution in [3.63, 3.8) is 0 Å². The quantitative estimate of drug-likeness (QED) is 0.853. The Balaban J connectivity index is 1.69. The van der Waals surface area contributed by atoms with E-state index in [0.29, 0.717) is 12.4 Å². The van der Waals surface area contributed by atoms with E-state index in [-0.39, 0.29) is 5.41 Å². The first-order chi connectivity index (χ1) is 9.82. The second-order valence-corrected chi connectivity index (χ2v) is 5.17. The van der Waals surface area contributed by atoms with Gasteiger partial charge in [-0.2, -0.15) is 5.26 Å². The van der Waals surface area contributed by atoms with Crippen molar-refractivity contribution >= 4 is 0 Å². The number of likely N-dealkylation sites (tertiary alicyclic amines) is 1.